The van der Waals surface area contributed by atoms with Crippen LogP contribution in [0.3, 0.4) is 0 Å². The quantitative estimate of drug-likeness (QED) is 0.660. The van der Waals surface area contributed by atoms with Crippen molar-refractivity contribution in [3.05, 3.63) is 22.7 Å². The lowest BCUT2D eigenvalue weighted by Gasteiger charge is -1.79. The molecule has 0 bridgehead atoms. The lowest BCUT2D eigenvalue weighted by molar-refractivity contribution is 1.04. The molecule has 0 amide bonds. The second-order valence-corrected chi connectivity index (χ2v) is 2.32. The van der Waals surface area contributed by atoms with Gasteiger partial charge in [0.05, 0.1) is 5.69 Å². The number of allylic oxidation sites excluding steroid dienone is 1. The van der Waals surface area contributed by atoms with Gasteiger partial charge in [-0.3, -0.25) is 0 Å². The van der Waals surface area contributed by atoms with Gasteiger partial charge in [0.1, 0.15) is 0 Å². The van der Waals surface area contributed by atoms with Gasteiger partial charge < -0.3 is 0 Å². The van der Waals surface area contributed by atoms with Crippen molar-refractivity contribution < 1.29 is 0 Å². The fourth-order valence-electron chi connectivity index (χ4n) is 0.438. The van der Waals surface area contributed by atoms with Crippen molar-refractivity contribution in [3.8, 4) is 0 Å². The molecule has 1 rings (SSSR count). The van der Waals surface area contributed by atoms with Crippen LogP contribution in [0.15, 0.2) is 17.0 Å². The molecule has 9 heavy (non-hydrogen) atoms. The predicted molar refractivity (Wildman–Crippen MR) is 38.6 cm³/mol. The summed E-state index contributed by atoms with van der Waals surface area (Å²) in [7, 11) is 0. The highest BCUT2D eigenvalue weighted by Gasteiger charge is 1.89. The first-order valence-corrected chi connectivity index (χ1v) is 3.72. The van der Waals surface area contributed by atoms with Gasteiger partial charge in [-0.05, 0) is 11.5 Å². The van der Waals surface area contributed by atoms with Crippen LogP contribution in [-0.4, -0.2) is 9.59 Å². The molecular weight excluding hydrogens is 156 g/mol. The van der Waals surface area contributed by atoms with Crippen LogP contribution in [0, 0.1) is 0 Å². The molecule has 0 radical (unpaired) electrons. The third-order valence-electron chi connectivity index (χ3n) is 0.821. The van der Waals surface area contributed by atoms with Crippen molar-refractivity contribution in [2.45, 2.75) is 6.42 Å². The molecule has 4 heteroatoms. The van der Waals surface area contributed by atoms with E-state index >= 15 is 0 Å². The van der Waals surface area contributed by atoms with Gasteiger partial charge in [0.15, 0.2) is 0 Å². The van der Waals surface area contributed by atoms with E-state index in [0.29, 0.717) is 0 Å². The summed E-state index contributed by atoms with van der Waals surface area (Å²) in [6.45, 7) is 0. The average molecular weight is 161 g/mol. The summed E-state index contributed by atoms with van der Waals surface area (Å²) in [6, 6.07) is 0. The molecule has 0 spiro atoms. The monoisotopic (exact) mass is 160 g/mol. The first-order valence-electron chi connectivity index (χ1n) is 2.44. The van der Waals surface area contributed by atoms with E-state index < -0.39 is 0 Å². The summed E-state index contributed by atoms with van der Waals surface area (Å²) in [5.74, 6) is 0. The zero-order valence-electron chi connectivity index (χ0n) is 4.62. The maximum atomic E-state index is 5.29. The molecule has 0 aromatic carbocycles. The Kier molecular flexibility index (Phi) is 2.67. The number of hydrogen-bond donors (Lipinski definition) is 0. The Bertz CT molecular complexity index is 183. The summed E-state index contributed by atoms with van der Waals surface area (Å²) in [5, 5.41) is 5.71. The van der Waals surface area contributed by atoms with Gasteiger partial charge in [-0.25, -0.2) is 0 Å². The molecule has 2 nitrogen and oxygen atoms in total. The SMILES string of the molecule is ClC=CCc1csnn1. The van der Waals surface area contributed by atoms with Crippen LogP contribution in [0.5, 0.6) is 0 Å². The van der Waals surface area contributed by atoms with Crippen molar-refractivity contribution in [2.75, 3.05) is 0 Å². The molecule has 48 valence electrons. The predicted octanol–water partition coefficient (Wildman–Crippen LogP) is 1.83. The number of hydrogen-bond acceptors (Lipinski definition) is 3. The molecule has 0 fully saturated rings. The molecule has 0 aliphatic heterocycles. The number of nitrogens with zero attached hydrogens (tertiary/aromatic N) is 2. The Balaban J connectivity index is 2.48. The molecule has 0 N–H and O–H groups in total. The van der Waals surface area contributed by atoms with Crippen LogP contribution in [0.1, 0.15) is 5.69 Å². The first-order chi connectivity index (χ1) is 4.43. The van der Waals surface area contributed by atoms with E-state index in [1.54, 1.807) is 0 Å². The van der Waals surface area contributed by atoms with Gasteiger partial charge in [0.25, 0.3) is 0 Å². The lowest BCUT2D eigenvalue weighted by Crippen LogP contribution is -1.78. The second-order valence-electron chi connectivity index (χ2n) is 1.46. The Morgan fingerprint density at radius 3 is 3.22 bits per heavy atom. The first kappa shape index (κ1) is 6.71. The van der Waals surface area contributed by atoms with Crippen molar-refractivity contribution in [2.24, 2.45) is 0 Å². The fraction of sp³-hybridized carbons (Fsp3) is 0.200. The van der Waals surface area contributed by atoms with E-state index in [-0.39, 0.29) is 0 Å². The Hall–Kier alpha value is -0.410. The van der Waals surface area contributed by atoms with E-state index in [1.165, 1.54) is 17.1 Å². The van der Waals surface area contributed by atoms with E-state index in [9.17, 15) is 0 Å². The molecule has 1 heterocycles. The van der Waals surface area contributed by atoms with Crippen molar-refractivity contribution in [3.63, 3.8) is 0 Å². The highest BCUT2D eigenvalue weighted by molar-refractivity contribution is 7.03. The lowest BCUT2D eigenvalue weighted by atomic mass is 10.3. The third-order valence-corrected chi connectivity index (χ3v) is 1.55. The molecular formula is C5H5ClN2S. The minimum absolute atomic E-state index is 0.778. The summed E-state index contributed by atoms with van der Waals surface area (Å²) < 4.78 is 3.69. The topological polar surface area (TPSA) is 25.8 Å². The Labute approximate surface area is 62.3 Å². The van der Waals surface area contributed by atoms with Crippen molar-refractivity contribution in [1.82, 2.24) is 9.59 Å². The average Bonchev–Trinajstić information content (AvgIpc) is 2.34. The smallest absolute Gasteiger partial charge is 0.0793 e. The van der Waals surface area contributed by atoms with Gasteiger partial charge >= 0.3 is 0 Å². The van der Waals surface area contributed by atoms with Gasteiger partial charge in [0.2, 0.25) is 0 Å². The number of rotatable bonds is 2. The van der Waals surface area contributed by atoms with E-state index in [1.807, 2.05) is 11.5 Å². The third kappa shape index (κ3) is 2.11. The van der Waals surface area contributed by atoms with Crippen LogP contribution >= 0.6 is 23.1 Å². The molecule has 0 unspecified atom stereocenters. The normalized spacial score (nSPS) is 10.8. The van der Waals surface area contributed by atoms with Crippen LogP contribution < -0.4 is 0 Å². The van der Waals surface area contributed by atoms with Crippen LogP contribution in [0.4, 0.5) is 0 Å². The summed E-state index contributed by atoms with van der Waals surface area (Å²) in [4.78, 5) is 0. The fourth-order valence-corrected chi connectivity index (χ4v) is 0.991. The molecule has 0 atom stereocenters. The highest BCUT2D eigenvalue weighted by atomic mass is 35.5. The van der Waals surface area contributed by atoms with E-state index in [2.05, 4.69) is 9.59 Å². The van der Waals surface area contributed by atoms with Crippen molar-refractivity contribution in [1.29, 1.82) is 0 Å². The zero-order valence-corrected chi connectivity index (χ0v) is 6.19. The largest absolute Gasteiger partial charge is 0.143 e. The maximum absolute atomic E-state index is 5.29. The number of aromatic nitrogens is 2. The van der Waals surface area contributed by atoms with Crippen LogP contribution in [0.2, 0.25) is 0 Å². The van der Waals surface area contributed by atoms with Crippen LogP contribution in [0.25, 0.3) is 0 Å². The molecule has 1 aromatic heterocycles. The van der Waals surface area contributed by atoms with E-state index in [0.717, 1.165) is 12.1 Å². The van der Waals surface area contributed by atoms with Gasteiger partial charge in [-0.1, -0.05) is 22.2 Å². The maximum Gasteiger partial charge on any atom is 0.0793 e. The second kappa shape index (κ2) is 3.58. The van der Waals surface area contributed by atoms with Crippen molar-refractivity contribution >= 4 is 23.1 Å². The minimum atomic E-state index is 0.778. The molecule has 0 aliphatic rings. The molecule has 0 aliphatic carbocycles. The van der Waals surface area contributed by atoms with Gasteiger partial charge in [-0.2, -0.15) is 0 Å². The van der Waals surface area contributed by atoms with Gasteiger partial charge in [-0.15, -0.1) is 5.10 Å². The Morgan fingerprint density at radius 1 is 1.78 bits per heavy atom. The Morgan fingerprint density at radius 2 is 2.67 bits per heavy atom. The summed E-state index contributed by atoms with van der Waals surface area (Å²) >= 11 is 6.65. The van der Waals surface area contributed by atoms with Crippen LogP contribution in [-0.2, 0) is 6.42 Å². The summed E-state index contributed by atoms with van der Waals surface area (Å²) in [5.41, 5.74) is 2.45. The standard InChI is InChI=1S/C5H5ClN2S/c6-3-1-2-5-4-9-8-7-5/h1,3-4H,2H2. The summed E-state index contributed by atoms with van der Waals surface area (Å²) in [6.07, 6.45) is 2.61. The molecule has 0 saturated carbocycles. The molecule has 1 aromatic rings. The van der Waals surface area contributed by atoms with Gasteiger partial charge in [0, 0.05) is 17.3 Å². The zero-order chi connectivity index (χ0) is 6.53. The molecule has 0 saturated heterocycles. The highest BCUT2D eigenvalue weighted by Crippen LogP contribution is 1.98. The minimum Gasteiger partial charge on any atom is -0.143 e. The number of halogens is 1. The van der Waals surface area contributed by atoms with E-state index in [4.69, 9.17) is 11.6 Å².